The van der Waals surface area contributed by atoms with Gasteiger partial charge in [0, 0.05) is 31.7 Å². The van der Waals surface area contributed by atoms with E-state index in [0.29, 0.717) is 24.6 Å². The molecule has 122 valence electrons. The van der Waals surface area contributed by atoms with Gasteiger partial charge in [0.15, 0.2) is 5.82 Å². The molecule has 0 aliphatic carbocycles. The molecule has 0 aliphatic rings. The topological polar surface area (TPSA) is 97.6 Å². The fraction of sp³-hybridized carbons (Fsp3) is 0.188. The zero-order valence-corrected chi connectivity index (χ0v) is 13.2. The van der Waals surface area contributed by atoms with Gasteiger partial charge in [-0.2, -0.15) is 0 Å². The Labute approximate surface area is 139 Å². The molecule has 8 heteroatoms. The maximum absolute atomic E-state index is 11.9. The summed E-state index contributed by atoms with van der Waals surface area (Å²) >= 11 is 0. The lowest BCUT2D eigenvalue weighted by Crippen LogP contribution is -2.29. The second-order valence-electron chi connectivity index (χ2n) is 5.09. The third-order valence-corrected chi connectivity index (χ3v) is 3.25. The lowest BCUT2D eigenvalue weighted by atomic mass is 10.4. The predicted octanol–water partition coefficient (Wildman–Crippen LogP) is 1.21. The third-order valence-electron chi connectivity index (χ3n) is 3.25. The highest BCUT2D eigenvalue weighted by Crippen LogP contribution is 2.06. The quantitative estimate of drug-likeness (QED) is 0.662. The van der Waals surface area contributed by atoms with E-state index in [1.54, 1.807) is 6.20 Å². The Hall–Kier alpha value is -3.29. The standard InChI is InChI=1S/C16H17N7O/c1-12-10-20-13(11-19-12)16(24)18-7-6-17-14-4-5-15(22-21-14)23-8-2-3-9-23/h2-5,8-11H,6-7H2,1H3,(H,17,21)(H,18,24). The minimum absolute atomic E-state index is 0.252. The molecule has 0 bridgehead atoms. The molecule has 24 heavy (non-hydrogen) atoms. The number of hydrogen-bond donors (Lipinski definition) is 2. The van der Waals surface area contributed by atoms with Crippen LogP contribution >= 0.6 is 0 Å². The number of rotatable bonds is 6. The summed E-state index contributed by atoms with van der Waals surface area (Å²) in [6.45, 7) is 2.79. The van der Waals surface area contributed by atoms with Gasteiger partial charge in [0.1, 0.15) is 11.5 Å². The number of carbonyl (C=O) groups is 1. The molecule has 0 unspecified atom stereocenters. The first-order chi connectivity index (χ1) is 11.7. The summed E-state index contributed by atoms with van der Waals surface area (Å²) in [5, 5.41) is 14.1. The van der Waals surface area contributed by atoms with Crippen molar-refractivity contribution in [3.05, 3.63) is 60.4 Å². The monoisotopic (exact) mass is 323 g/mol. The van der Waals surface area contributed by atoms with E-state index in [1.165, 1.54) is 6.20 Å². The van der Waals surface area contributed by atoms with Gasteiger partial charge in [-0.25, -0.2) is 4.98 Å². The van der Waals surface area contributed by atoms with Gasteiger partial charge in [0.25, 0.3) is 5.91 Å². The third kappa shape index (κ3) is 3.92. The number of aromatic nitrogens is 5. The Morgan fingerprint density at radius 3 is 2.58 bits per heavy atom. The summed E-state index contributed by atoms with van der Waals surface area (Å²) in [5.41, 5.74) is 1.08. The number of aryl methyl sites for hydroxylation is 1. The predicted molar refractivity (Wildman–Crippen MR) is 89.0 cm³/mol. The van der Waals surface area contributed by atoms with Crippen molar-refractivity contribution >= 4 is 11.7 Å². The Kier molecular flexibility index (Phi) is 4.76. The fourth-order valence-electron chi connectivity index (χ4n) is 2.01. The smallest absolute Gasteiger partial charge is 0.271 e. The Balaban J connectivity index is 1.45. The Morgan fingerprint density at radius 2 is 1.92 bits per heavy atom. The van der Waals surface area contributed by atoms with E-state index in [9.17, 15) is 4.79 Å². The molecular formula is C16H17N7O. The number of carbonyl (C=O) groups excluding carboxylic acids is 1. The Bertz CT molecular complexity index is 782. The van der Waals surface area contributed by atoms with Crippen LogP contribution in [0.1, 0.15) is 16.2 Å². The molecule has 0 saturated carbocycles. The van der Waals surface area contributed by atoms with Crippen molar-refractivity contribution in [1.29, 1.82) is 0 Å². The molecule has 3 aromatic rings. The molecule has 0 fully saturated rings. The average Bonchev–Trinajstić information content (AvgIpc) is 3.14. The summed E-state index contributed by atoms with van der Waals surface area (Å²) < 4.78 is 1.87. The molecule has 0 atom stereocenters. The van der Waals surface area contributed by atoms with Crippen LogP contribution in [0.15, 0.2) is 49.1 Å². The first-order valence-electron chi connectivity index (χ1n) is 7.50. The fourth-order valence-corrected chi connectivity index (χ4v) is 2.01. The molecule has 3 rings (SSSR count). The summed E-state index contributed by atoms with van der Waals surface area (Å²) in [6.07, 6.45) is 6.83. The van der Waals surface area contributed by atoms with Gasteiger partial charge in [0.2, 0.25) is 0 Å². The molecule has 3 aromatic heterocycles. The van der Waals surface area contributed by atoms with Gasteiger partial charge >= 0.3 is 0 Å². The molecular weight excluding hydrogens is 306 g/mol. The van der Waals surface area contributed by atoms with Gasteiger partial charge in [0.05, 0.1) is 11.9 Å². The van der Waals surface area contributed by atoms with Crippen molar-refractivity contribution in [3.8, 4) is 5.82 Å². The van der Waals surface area contributed by atoms with Crippen molar-refractivity contribution < 1.29 is 4.79 Å². The van der Waals surface area contributed by atoms with Crippen molar-refractivity contribution in [2.75, 3.05) is 18.4 Å². The van der Waals surface area contributed by atoms with Crippen LogP contribution in [0.25, 0.3) is 5.82 Å². The molecule has 0 aromatic carbocycles. The van der Waals surface area contributed by atoms with Gasteiger partial charge < -0.3 is 15.2 Å². The van der Waals surface area contributed by atoms with Gasteiger partial charge in [-0.1, -0.05) is 0 Å². The van der Waals surface area contributed by atoms with Gasteiger partial charge in [-0.15, -0.1) is 10.2 Å². The molecule has 0 spiro atoms. The Morgan fingerprint density at radius 1 is 1.08 bits per heavy atom. The molecule has 2 N–H and O–H groups in total. The van der Waals surface area contributed by atoms with E-state index >= 15 is 0 Å². The van der Waals surface area contributed by atoms with Crippen LogP contribution < -0.4 is 10.6 Å². The van der Waals surface area contributed by atoms with Crippen LogP contribution in [0.4, 0.5) is 5.82 Å². The van der Waals surface area contributed by atoms with Crippen molar-refractivity contribution in [1.82, 2.24) is 30.0 Å². The first kappa shape index (κ1) is 15.6. The number of anilines is 1. The molecule has 0 saturated heterocycles. The number of hydrogen-bond acceptors (Lipinski definition) is 6. The first-order valence-corrected chi connectivity index (χ1v) is 7.50. The number of nitrogens with zero attached hydrogens (tertiary/aromatic N) is 5. The maximum Gasteiger partial charge on any atom is 0.271 e. The van der Waals surface area contributed by atoms with Gasteiger partial charge in [-0.3, -0.25) is 9.78 Å². The van der Waals surface area contributed by atoms with Crippen LogP contribution in [0.2, 0.25) is 0 Å². The minimum Gasteiger partial charge on any atom is -0.367 e. The van der Waals surface area contributed by atoms with Crippen LogP contribution in [0, 0.1) is 6.92 Å². The van der Waals surface area contributed by atoms with Gasteiger partial charge in [-0.05, 0) is 31.2 Å². The molecule has 0 radical (unpaired) electrons. The van der Waals surface area contributed by atoms with Crippen molar-refractivity contribution in [2.45, 2.75) is 6.92 Å². The van der Waals surface area contributed by atoms with Crippen LogP contribution in [0.3, 0.4) is 0 Å². The van der Waals surface area contributed by atoms with E-state index in [4.69, 9.17) is 0 Å². The molecule has 1 amide bonds. The summed E-state index contributed by atoms with van der Waals surface area (Å²) in [7, 11) is 0. The number of nitrogens with one attached hydrogen (secondary N) is 2. The maximum atomic E-state index is 11.9. The highest BCUT2D eigenvalue weighted by Gasteiger charge is 2.06. The van der Waals surface area contributed by atoms with E-state index in [-0.39, 0.29) is 5.91 Å². The van der Waals surface area contributed by atoms with E-state index in [0.717, 1.165) is 11.5 Å². The zero-order chi connectivity index (χ0) is 16.8. The summed E-state index contributed by atoms with van der Waals surface area (Å²) in [4.78, 5) is 19.9. The SMILES string of the molecule is Cc1cnc(C(=O)NCCNc2ccc(-n3cccc3)nn2)cn1. The summed E-state index contributed by atoms with van der Waals surface area (Å²) in [6, 6.07) is 7.56. The number of amides is 1. The zero-order valence-electron chi connectivity index (χ0n) is 13.2. The average molecular weight is 323 g/mol. The highest BCUT2D eigenvalue weighted by molar-refractivity contribution is 5.91. The van der Waals surface area contributed by atoms with E-state index < -0.39 is 0 Å². The highest BCUT2D eigenvalue weighted by atomic mass is 16.1. The van der Waals surface area contributed by atoms with Crippen LogP contribution in [-0.2, 0) is 0 Å². The summed E-state index contributed by atoms with van der Waals surface area (Å²) in [5.74, 6) is 1.14. The molecule has 0 aliphatic heterocycles. The van der Waals surface area contributed by atoms with Crippen LogP contribution in [-0.4, -0.2) is 43.7 Å². The second-order valence-corrected chi connectivity index (χ2v) is 5.09. The van der Waals surface area contributed by atoms with Crippen molar-refractivity contribution in [3.63, 3.8) is 0 Å². The lowest BCUT2D eigenvalue weighted by molar-refractivity contribution is 0.0950. The van der Waals surface area contributed by atoms with E-state index in [2.05, 4.69) is 30.8 Å². The normalized spacial score (nSPS) is 10.4. The largest absolute Gasteiger partial charge is 0.367 e. The lowest BCUT2D eigenvalue weighted by Gasteiger charge is -2.07. The minimum atomic E-state index is -0.252. The second kappa shape index (κ2) is 7.32. The van der Waals surface area contributed by atoms with Crippen LogP contribution in [0.5, 0.6) is 0 Å². The molecule has 3 heterocycles. The molecule has 8 nitrogen and oxygen atoms in total. The van der Waals surface area contributed by atoms with E-state index in [1.807, 2.05) is 48.1 Å². The van der Waals surface area contributed by atoms with Crippen molar-refractivity contribution in [2.24, 2.45) is 0 Å².